The van der Waals surface area contributed by atoms with Crippen LogP contribution in [0.1, 0.15) is 24.1 Å². The van der Waals surface area contributed by atoms with Crippen LogP contribution in [-0.4, -0.2) is 23.0 Å². The number of hydrogen-bond acceptors (Lipinski definition) is 4. The molecule has 0 aromatic carbocycles. The van der Waals surface area contributed by atoms with Crippen LogP contribution in [-0.2, 0) is 9.53 Å². The van der Waals surface area contributed by atoms with E-state index < -0.39 is 11.9 Å². The number of methoxy groups -OCH3 is 1. The van der Waals surface area contributed by atoms with E-state index in [0.717, 1.165) is 0 Å². The molecule has 0 aliphatic rings. The number of rotatable bonds is 2. The fraction of sp³-hybridized carbons (Fsp3) is 0.444. The molecule has 0 amide bonds. The van der Waals surface area contributed by atoms with Crippen molar-refractivity contribution in [3.63, 3.8) is 0 Å². The van der Waals surface area contributed by atoms with Crippen molar-refractivity contribution in [2.24, 2.45) is 0 Å². The van der Waals surface area contributed by atoms with Gasteiger partial charge in [0, 0.05) is 5.69 Å². The molecule has 0 radical (unpaired) electrons. The lowest BCUT2D eigenvalue weighted by Crippen LogP contribution is -2.23. The summed E-state index contributed by atoms with van der Waals surface area (Å²) in [7, 11) is 1.29. The summed E-state index contributed by atoms with van der Waals surface area (Å²) >= 11 is 4.80. The van der Waals surface area contributed by atoms with Crippen LogP contribution in [0, 0.1) is 11.7 Å². The number of hydrogen-bond donors (Lipinski definition) is 2. The maximum atomic E-state index is 11.6. The van der Waals surface area contributed by atoms with Gasteiger partial charge in [0.05, 0.1) is 18.6 Å². The van der Waals surface area contributed by atoms with Gasteiger partial charge in [-0.05, 0) is 26.1 Å². The Morgan fingerprint density at radius 2 is 2.07 bits per heavy atom. The number of carbonyl (C=O) groups is 1. The number of H-pyrrole nitrogens is 2. The third kappa shape index (κ3) is 2.33. The number of aromatic amines is 2. The van der Waals surface area contributed by atoms with Gasteiger partial charge in [0.15, 0.2) is 4.77 Å². The van der Waals surface area contributed by atoms with Crippen LogP contribution in [0.3, 0.4) is 0 Å². The highest BCUT2D eigenvalue weighted by Crippen LogP contribution is 2.14. The van der Waals surface area contributed by atoms with Crippen molar-refractivity contribution in [3.8, 4) is 0 Å². The fourth-order valence-corrected chi connectivity index (χ4v) is 1.67. The Kier molecular flexibility index (Phi) is 3.41. The molecule has 0 bridgehead atoms. The summed E-state index contributed by atoms with van der Waals surface area (Å²) in [6, 6.07) is 0. The van der Waals surface area contributed by atoms with Gasteiger partial charge >= 0.3 is 5.97 Å². The lowest BCUT2D eigenvalue weighted by molar-refractivity contribution is -0.142. The van der Waals surface area contributed by atoms with E-state index in [1.165, 1.54) is 7.11 Å². The molecule has 1 aromatic rings. The molecule has 1 unspecified atom stereocenters. The SMILES string of the molecule is COC(=O)C(C)c1c(C)[nH]c(=S)[nH]c1=O. The smallest absolute Gasteiger partial charge is 0.313 e. The van der Waals surface area contributed by atoms with Gasteiger partial charge in [-0.1, -0.05) is 0 Å². The molecule has 0 saturated carbocycles. The van der Waals surface area contributed by atoms with E-state index in [-0.39, 0.29) is 10.3 Å². The topological polar surface area (TPSA) is 75.0 Å². The van der Waals surface area contributed by atoms with Gasteiger partial charge in [-0.3, -0.25) is 14.6 Å². The highest BCUT2D eigenvalue weighted by Gasteiger charge is 2.21. The lowest BCUT2D eigenvalue weighted by atomic mass is 10.0. The van der Waals surface area contributed by atoms with E-state index in [0.29, 0.717) is 11.3 Å². The minimum Gasteiger partial charge on any atom is -0.469 e. The third-order valence-corrected chi connectivity index (χ3v) is 2.37. The molecule has 1 heterocycles. The highest BCUT2D eigenvalue weighted by atomic mass is 32.1. The van der Waals surface area contributed by atoms with Gasteiger partial charge in [0.25, 0.3) is 5.56 Å². The fourth-order valence-electron chi connectivity index (χ4n) is 1.43. The Morgan fingerprint density at radius 1 is 1.47 bits per heavy atom. The second-order valence-corrected chi connectivity index (χ2v) is 3.60. The summed E-state index contributed by atoms with van der Waals surface area (Å²) in [4.78, 5) is 28.1. The molecule has 2 N–H and O–H groups in total. The molecule has 1 atom stereocenters. The van der Waals surface area contributed by atoms with E-state index in [1.807, 2.05) is 0 Å². The van der Waals surface area contributed by atoms with Crippen molar-refractivity contribution in [3.05, 3.63) is 26.4 Å². The maximum absolute atomic E-state index is 11.6. The maximum Gasteiger partial charge on any atom is 0.313 e. The standard InChI is InChI=1S/C9H12N2O3S/c1-4(8(13)14-3)6-5(2)10-9(15)11-7(6)12/h4H,1-3H3,(H2,10,11,12,15). The summed E-state index contributed by atoms with van der Waals surface area (Å²) in [6.07, 6.45) is 0. The average molecular weight is 228 g/mol. The molecule has 0 fully saturated rings. The van der Waals surface area contributed by atoms with E-state index in [9.17, 15) is 9.59 Å². The Morgan fingerprint density at radius 3 is 2.53 bits per heavy atom. The quantitative estimate of drug-likeness (QED) is 0.585. The molecule has 0 saturated heterocycles. The van der Waals surface area contributed by atoms with E-state index in [2.05, 4.69) is 14.7 Å². The van der Waals surface area contributed by atoms with Crippen molar-refractivity contribution in [1.29, 1.82) is 0 Å². The molecule has 0 spiro atoms. The van der Waals surface area contributed by atoms with Crippen LogP contribution >= 0.6 is 12.2 Å². The molecule has 5 nitrogen and oxygen atoms in total. The minimum absolute atomic E-state index is 0.248. The van der Waals surface area contributed by atoms with Crippen molar-refractivity contribution >= 4 is 18.2 Å². The van der Waals surface area contributed by atoms with Crippen molar-refractivity contribution in [2.75, 3.05) is 7.11 Å². The summed E-state index contributed by atoms with van der Waals surface area (Å²) in [5, 5.41) is 0. The van der Waals surface area contributed by atoms with Crippen molar-refractivity contribution < 1.29 is 9.53 Å². The summed E-state index contributed by atoms with van der Waals surface area (Å²) in [5.74, 6) is -1.06. The number of ether oxygens (including phenoxy) is 1. The first kappa shape index (κ1) is 11.6. The van der Waals surface area contributed by atoms with Gasteiger partial charge in [0.2, 0.25) is 0 Å². The van der Waals surface area contributed by atoms with E-state index in [1.54, 1.807) is 13.8 Å². The zero-order valence-corrected chi connectivity index (χ0v) is 9.53. The first-order valence-corrected chi connectivity index (χ1v) is 4.79. The van der Waals surface area contributed by atoms with Gasteiger partial charge in [-0.25, -0.2) is 0 Å². The van der Waals surface area contributed by atoms with E-state index >= 15 is 0 Å². The number of nitrogens with one attached hydrogen (secondary N) is 2. The van der Waals surface area contributed by atoms with Crippen LogP contribution in [0.15, 0.2) is 4.79 Å². The van der Waals surface area contributed by atoms with Crippen LogP contribution in [0.2, 0.25) is 0 Å². The Bertz CT molecular complexity index is 489. The molecule has 0 aliphatic heterocycles. The van der Waals surface area contributed by atoms with E-state index in [4.69, 9.17) is 12.2 Å². The van der Waals surface area contributed by atoms with Gasteiger partial charge in [-0.2, -0.15) is 0 Å². The summed E-state index contributed by atoms with van der Waals surface area (Å²) < 4.78 is 4.82. The number of esters is 1. The molecule has 82 valence electrons. The van der Waals surface area contributed by atoms with Crippen LogP contribution in [0.4, 0.5) is 0 Å². The minimum atomic E-state index is -0.606. The van der Waals surface area contributed by atoms with Crippen LogP contribution in [0.5, 0.6) is 0 Å². The molecule has 6 heteroatoms. The third-order valence-electron chi connectivity index (χ3n) is 2.16. The lowest BCUT2D eigenvalue weighted by Gasteiger charge is -2.10. The molecular weight excluding hydrogens is 216 g/mol. The number of aryl methyl sites for hydroxylation is 1. The summed E-state index contributed by atoms with van der Waals surface area (Å²) in [5.41, 5.74) is 0.589. The monoisotopic (exact) mass is 228 g/mol. The predicted octanol–water partition coefficient (Wildman–Crippen LogP) is 1.02. The Hall–Kier alpha value is -1.43. The van der Waals surface area contributed by atoms with Gasteiger partial charge in [0.1, 0.15) is 0 Å². The zero-order valence-electron chi connectivity index (χ0n) is 8.71. The Balaban J connectivity index is 3.32. The normalized spacial score (nSPS) is 12.2. The molecule has 0 aliphatic carbocycles. The van der Waals surface area contributed by atoms with Crippen molar-refractivity contribution in [2.45, 2.75) is 19.8 Å². The molecule has 1 rings (SSSR count). The second kappa shape index (κ2) is 4.39. The average Bonchev–Trinajstić information content (AvgIpc) is 2.14. The van der Waals surface area contributed by atoms with Crippen LogP contribution in [0.25, 0.3) is 0 Å². The van der Waals surface area contributed by atoms with Crippen LogP contribution < -0.4 is 5.56 Å². The van der Waals surface area contributed by atoms with Gasteiger partial charge in [-0.15, -0.1) is 0 Å². The first-order valence-electron chi connectivity index (χ1n) is 4.38. The number of aromatic nitrogens is 2. The molecule has 1 aromatic heterocycles. The molecule has 15 heavy (non-hydrogen) atoms. The highest BCUT2D eigenvalue weighted by molar-refractivity contribution is 7.71. The first-order chi connectivity index (χ1) is 6.97. The largest absolute Gasteiger partial charge is 0.469 e. The van der Waals surface area contributed by atoms with Gasteiger partial charge < -0.3 is 9.72 Å². The predicted molar refractivity (Wildman–Crippen MR) is 57.4 cm³/mol. The molecular formula is C9H12N2O3S. The second-order valence-electron chi connectivity index (χ2n) is 3.19. The summed E-state index contributed by atoms with van der Waals surface area (Å²) in [6.45, 7) is 3.31. The van der Waals surface area contributed by atoms with Crippen molar-refractivity contribution in [1.82, 2.24) is 9.97 Å². The zero-order chi connectivity index (χ0) is 11.6. The number of carbonyl (C=O) groups excluding carboxylic acids is 1. The Labute approximate surface area is 91.5 Å².